The highest BCUT2D eigenvalue weighted by atomic mass is 32.2. The number of aryl methyl sites for hydroxylation is 1. The van der Waals surface area contributed by atoms with Gasteiger partial charge in [0.15, 0.2) is 5.03 Å². The lowest BCUT2D eigenvalue weighted by atomic mass is 9.82. The fourth-order valence-electron chi connectivity index (χ4n) is 4.18. The van der Waals surface area contributed by atoms with Crippen molar-refractivity contribution in [3.05, 3.63) is 36.8 Å². The number of nitrogens with zero attached hydrogens (tertiary/aromatic N) is 5. The number of rotatable bonds is 8. The van der Waals surface area contributed by atoms with Gasteiger partial charge in [0, 0.05) is 45.8 Å². The highest BCUT2D eigenvalue weighted by molar-refractivity contribution is 7.89. The smallest absolute Gasteiger partial charge is 0.259 e. The van der Waals surface area contributed by atoms with Crippen molar-refractivity contribution in [3.63, 3.8) is 0 Å². The van der Waals surface area contributed by atoms with E-state index < -0.39 is 10.0 Å². The second-order valence-corrected chi connectivity index (χ2v) is 10.5. The number of anilines is 2. The molecular formula is C22H31N7O2S. The SMILES string of the molecule is CN(C)c1nc(NC[C@H]2CC[C@H](CNS(=O)(=O)c3cn(C)cn3)CC2)nc2ccccc12. The summed E-state index contributed by atoms with van der Waals surface area (Å²) in [7, 11) is 2.19. The van der Waals surface area contributed by atoms with Crippen LogP contribution in [-0.4, -0.2) is 55.1 Å². The quantitative estimate of drug-likeness (QED) is 0.536. The molecule has 0 saturated heterocycles. The predicted molar refractivity (Wildman–Crippen MR) is 126 cm³/mol. The first-order chi connectivity index (χ1) is 15.3. The Balaban J connectivity index is 1.28. The third-order valence-corrected chi connectivity index (χ3v) is 7.35. The Labute approximate surface area is 189 Å². The van der Waals surface area contributed by atoms with E-state index in [9.17, 15) is 8.42 Å². The van der Waals surface area contributed by atoms with Crippen LogP contribution in [0.3, 0.4) is 0 Å². The van der Waals surface area contributed by atoms with E-state index in [2.05, 4.69) is 20.0 Å². The molecule has 0 atom stereocenters. The minimum absolute atomic E-state index is 0.0744. The molecule has 1 saturated carbocycles. The molecule has 2 aromatic heterocycles. The summed E-state index contributed by atoms with van der Waals surface area (Å²) in [6.45, 7) is 1.27. The molecule has 2 heterocycles. The molecule has 0 spiro atoms. The van der Waals surface area contributed by atoms with E-state index in [1.807, 2.05) is 43.3 Å². The highest BCUT2D eigenvalue weighted by Gasteiger charge is 2.24. The standard InChI is InChI=1S/C22H31N7O2S/c1-28(2)21-18-6-4-5-7-19(18)26-22(27-21)23-12-16-8-10-17(11-9-16)13-25-32(30,31)20-14-29(3)15-24-20/h4-7,14-17,25H,8-13H2,1-3H3,(H,23,26,27)/t16-,17-. The molecule has 2 N–H and O–H groups in total. The third-order valence-electron chi connectivity index (χ3n) is 6.04. The van der Waals surface area contributed by atoms with Gasteiger partial charge in [0.2, 0.25) is 5.95 Å². The van der Waals surface area contributed by atoms with Crippen molar-refractivity contribution >= 4 is 32.7 Å². The molecule has 0 bridgehead atoms. The second kappa shape index (κ2) is 9.41. The van der Waals surface area contributed by atoms with Crippen LogP contribution < -0.4 is 14.9 Å². The van der Waals surface area contributed by atoms with Crippen LogP contribution in [0.4, 0.5) is 11.8 Å². The van der Waals surface area contributed by atoms with Gasteiger partial charge in [-0.15, -0.1) is 0 Å². The van der Waals surface area contributed by atoms with Crippen molar-refractivity contribution in [1.82, 2.24) is 24.2 Å². The largest absolute Gasteiger partial charge is 0.362 e. The van der Waals surface area contributed by atoms with Crippen molar-refractivity contribution in [2.24, 2.45) is 18.9 Å². The van der Waals surface area contributed by atoms with Gasteiger partial charge in [-0.05, 0) is 49.7 Å². The van der Waals surface area contributed by atoms with Gasteiger partial charge in [-0.2, -0.15) is 4.98 Å². The molecule has 1 fully saturated rings. The molecule has 1 aromatic carbocycles. The number of para-hydroxylation sites is 1. The van der Waals surface area contributed by atoms with Gasteiger partial charge < -0.3 is 14.8 Å². The number of fused-ring (bicyclic) bond motifs is 1. The Morgan fingerprint density at radius 2 is 1.75 bits per heavy atom. The van der Waals surface area contributed by atoms with Crippen molar-refractivity contribution in [2.45, 2.75) is 30.7 Å². The zero-order valence-electron chi connectivity index (χ0n) is 18.8. The van der Waals surface area contributed by atoms with E-state index in [0.29, 0.717) is 24.3 Å². The minimum Gasteiger partial charge on any atom is -0.362 e. The van der Waals surface area contributed by atoms with Gasteiger partial charge in [0.25, 0.3) is 10.0 Å². The average Bonchev–Trinajstić information content (AvgIpc) is 3.23. The van der Waals surface area contributed by atoms with Crippen molar-refractivity contribution in [2.75, 3.05) is 37.4 Å². The van der Waals surface area contributed by atoms with Gasteiger partial charge in [-0.1, -0.05) is 12.1 Å². The molecule has 0 unspecified atom stereocenters. The molecule has 1 aliphatic carbocycles. The first-order valence-corrected chi connectivity index (χ1v) is 12.5. The van der Waals surface area contributed by atoms with Crippen LogP contribution >= 0.6 is 0 Å². The van der Waals surface area contributed by atoms with Crippen LogP contribution in [0, 0.1) is 11.8 Å². The number of benzene rings is 1. The molecule has 0 aliphatic heterocycles. The monoisotopic (exact) mass is 457 g/mol. The van der Waals surface area contributed by atoms with Crippen LogP contribution in [0.5, 0.6) is 0 Å². The minimum atomic E-state index is -3.54. The van der Waals surface area contributed by atoms with Gasteiger partial charge in [0.05, 0.1) is 11.8 Å². The molecule has 172 valence electrons. The van der Waals surface area contributed by atoms with Crippen LogP contribution in [-0.2, 0) is 17.1 Å². The predicted octanol–water partition coefficient (Wildman–Crippen LogP) is 2.63. The van der Waals surface area contributed by atoms with E-state index >= 15 is 0 Å². The van der Waals surface area contributed by atoms with E-state index in [1.165, 1.54) is 12.5 Å². The van der Waals surface area contributed by atoms with Crippen LogP contribution in [0.15, 0.2) is 41.8 Å². The lowest BCUT2D eigenvalue weighted by Gasteiger charge is -2.28. The zero-order valence-corrected chi connectivity index (χ0v) is 19.6. The molecule has 10 heteroatoms. The van der Waals surface area contributed by atoms with Gasteiger partial charge >= 0.3 is 0 Å². The van der Waals surface area contributed by atoms with Crippen LogP contribution in [0.1, 0.15) is 25.7 Å². The summed E-state index contributed by atoms with van der Waals surface area (Å²) in [6.07, 6.45) is 7.11. The zero-order chi connectivity index (χ0) is 22.7. The number of hydrogen-bond acceptors (Lipinski definition) is 7. The Morgan fingerprint density at radius 1 is 1.06 bits per heavy atom. The van der Waals surface area contributed by atoms with Gasteiger partial charge in [-0.3, -0.25) is 0 Å². The van der Waals surface area contributed by atoms with E-state index in [1.54, 1.807) is 11.6 Å². The summed E-state index contributed by atoms with van der Waals surface area (Å²) < 4.78 is 29.1. The summed E-state index contributed by atoms with van der Waals surface area (Å²) in [4.78, 5) is 15.3. The van der Waals surface area contributed by atoms with Crippen molar-refractivity contribution < 1.29 is 8.42 Å². The normalized spacial score (nSPS) is 19.2. The van der Waals surface area contributed by atoms with Crippen LogP contribution in [0.25, 0.3) is 10.9 Å². The van der Waals surface area contributed by atoms with Crippen LogP contribution in [0.2, 0.25) is 0 Å². The Kier molecular flexibility index (Phi) is 6.61. The number of nitrogens with one attached hydrogen (secondary N) is 2. The van der Waals surface area contributed by atoms with Crippen molar-refractivity contribution in [1.29, 1.82) is 0 Å². The molecule has 1 aliphatic rings. The molecule has 3 aromatic rings. The molecule has 0 radical (unpaired) electrons. The van der Waals surface area contributed by atoms with Gasteiger partial charge in [0.1, 0.15) is 5.82 Å². The molecule has 9 nitrogen and oxygen atoms in total. The summed E-state index contributed by atoms with van der Waals surface area (Å²) in [5.74, 6) is 2.43. The Bertz CT molecular complexity index is 1170. The lowest BCUT2D eigenvalue weighted by Crippen LogP contribution is -2.32. The number of sulfonamides is 1. The number of hydrogen-bond donors (Lipinski definition) is 2. The third kappa shape index (κ3) is 5.18. The average molecular weight is 458 g/mol. The molecular weight excluding hydrogens is 426 g/mol. The molecule has 4 rings (SSSR count). The Morgan fingerprint density at radius 3 is 2.41 bits per heavy atom. The lowest BCUT2D eigenvalue weighted by molar-refractivity contribution is 0.284. The number of aromatic nitrogens is 4. The summed E-state index contributed by atoms with van der Waals surface area (Å²) in [5.41, 5.74) is 0.928. The number of imidazole rings is 1. The maximum absolute atomic E-state index is 12.4. The fraction of sp³-hybridized carbons (Fsp3) is 0.500. The maximum Gasteiger partial charge on any atom is 0.259 e. The van der Waals surface area contributed by atoms with Crippen molar-refractivity contribution in [3.8, 4) is 0 Å². The maximum atomic E-state index is 12.4. The van der Waals surface area contributed by atoms with E-state index in [-0.39, 0.29) is 5.03 Å². The first kappa shape index (κ1) is 22.5. The molecule has 32 heavy (non-hydrogen) atoms. The highest BCUT2D eigenvalue weighted by Crippen LogP contribution is 2.29. The first-order valence-electron chi connectivity index (χ1n) is 11.0. The fourth-order valence-corrected chi connectivity index (χ4v) is 5.28. The summed E-state index contributed by atoms with van der Waals surface area (Å²) in [6, 6.07) is 8.03. The second-order valence-electron chi connectivity index (χ2n) is 8.78. The van der Waals surface area contributed by atoms with E-state index in [0.717, 1.165) is 48.9 Å². The summed E-state index contributed by atoms with van der Waals surface area (Å²) in [5, 5.41) is 4.54. The Hall–Kier alpha value is -2.72. The summed E-state index contributed by atoms with van der Waals surface area (Å²) >= 11 is 0. The molecule has 0 amide bonds. The van der Waals surface area contributed by atoms with Gasteiger partial charge in [-0.25, -0.2) is 23.1 Å². The topological polar surface area (TPSA) is 105 Å². The van der Waals surface area contributed by atoms with E-state index in [4.69, 9.17) is 4.98 Å².